The van der Waals surface area contributed by atoms with Crippen molar-refractivity contribution in [1.29, 1.82) is 0 Å². The molecule has 2 nitrogen and oxygen atoms in total. The maximum atomic E-state index is 5.90. The highest BCUT2D eigenvalue weighted by Crippen LogP contribution is 2.24. The second-order valence-electron chi connectivity index (χ2n) is 6.76. The van der Waals surface area contributed by atoms with Crippen LogP contribution in [0.3, 0.4) is 0 Å². The molecule has 30 heavy (non-hydrogen) atoms. The number of nitrogens with zero attached hydrogens (tertiary/aromatic N) is 1. The molecule has 0 N–H and O–H groups in total. The van der Waals surface area contributed by atoms with Crippen LogP contribution in [-0.2, 0) is 6.61 Å². The molecule has 0 aliphatic heterocycles. The van der Waals surface area contributed by atoms with Crippen molar-refractivity contribution in [1.82, 2.24) is 0 Å². The van der Waals surface area contributed by atoms with E-state index in [4.69, 9.17) is 4.74 Å². The van der Waals surface area contributed by atoms with Crippen LogP contribution in [0.25, 0.3) is 11.1 Å². The Balaban J connectivity index is 1.36. The van der Waals surface area contributed by atoms with Crippen LogP contribution in [0.15, 0.2) is 111 Å². The van der Waals surface area contributed by atoms with Crippen LogP contribution in [0.2, 0.25) is 0 Å². The molecule has 0 saturated carbocycles. The molecule has 0 amide bonds. The van der Waals surface area contributed by atoms with E-state index in [9.17, 15) is 0 Å². The van der Waals surface area contributed by atoms with E-state index in [-0.39, 0.29) is 0 Å². The minimum absolute atomic E-state index is 0.509. The third-order valence-corrected chi connectivity index (χ3v) is 5.86. The maximum absolute atomic E-state index is 5.90. The third kappa shape index (κ3) is 5.47. The Labute approximate surface area is 193 Å². The van der Waals surface area contributed by atoms with Crippen LogP contribution < -0.4 is 4.74 Å². The highest BCUT2D eigenvalue weighted by molar-refractivity contribution is 9.11. The van der Waals surface area contributed by atoms with Crippen LogP contribution in [0.1, 0.15) is 11.1 Å². The molecule has 0 heterocycles. The summed E-state index contributed by atoms with van der Waals surface area (Å²) in [5, 5.41) is 0. The first-order chi connectivity index (χ1) is 14.7. The molecule has 0 saturated heterocycles. The molecule has 4 aromatic rings. The normalized spacial score (nSPS) is 11.0. The van der Waals surface area contributed by atoms with E-state index < -0.39 is 0 Å². The first-order valence-electron chi connectivity index (χ1n) is 9.54. The van der Waals surface area contributed by atoms with E-state index >= 15 is 0 Å². The highest BCUT2D eigenvalue weighted by atomic mass is 79.9. The van der Waals surface area contributed by atoms with Gasteiger partial charge in [0.2, 0.25) is 0 Å². The average Bonchev–Trinajstić information content (AvgIpc) is 2.79. The zero-order valence-corrected chi connectivity index (χ0v) is 19.3. The number of ether oxygens (including phenoxy) is 1. The van der Waals surface area contributed by atoms with E-state index in [0.717, 1.165) is 31.5 Å². The number of halogens is 2. The van der Waals surface area contributed by atoms with Crippen molar-refractivity contribution >= 4 is 43.8 Å². The van der Waals surface area contributed by atoms with Gasteiger partial charge in [0.15, 0.2) is 0 Å². The molecule has 0 bridgehead atoms. The van der Waals surface area contributed by atoms with Gasteiger partial charge in [-0.25, -0.2) is 0 Å². The van der Waals surface area contributed by atoms with Gasteiger partial charge < -0.3 is 4.74 Å². The van der Waals surface area contributed by atoms with E-state index in [2.05, 4.69) is 61.1 Å². The first-order valence-corrected chi connectivity index (χ1v) is 11.1. The molecule has 4 rings (SSSR count). The Morgan fingerprint density at radius 2 is 1.43 bits per heavy atom. The summed E-state index contributed by atoms with van der Waals surface area (Å²) in [5.74, 6) is 0.828. The number of hydrogen-bond acceptors (Lipinski definition) is 2. The summed E-state index contributed by atoms with van der Waals surface area (Å²) in [4.78, 5) is 4.58. The topological polar surface area (TPSA) is 21.6 Å². The molecular weight excluding hydrogens is 502 g/mol. The van der Waals surface area contributed by atoms with Crippen LogP contribution in [0.4, 0.5) is 5.69 Å². The maximum Gasteiger partial charge on any atom is 0.119 e. The molecule has 0 radical (unpaired) electrons. The molecule has 4 aromatic carbocycles. The number of rotatable bonds is 6. The van der Waals surface area contributed by atoms with Crippen molar-refractivity contribution in [2.24, 2.45) is 4.99 Å². The van der Waals surface area contributed by atoms with Crippen molar-refractivity contribution in [3.63, 3.8) is 0 Å². The molecule has 0 aliphatic rings. The second-order valence-corrected chi connectivity index (χ2v) is 8.53. The Hall–Kier alpha value is -2.69. The van der Waals surface area contributed by atoms with Crippen molar-refractivity contribution in [3.8, 4) is 16.9 Å². The Morgan fingerprint density at radius 1 is 0.733 bits per heavy atom. The lowest BCUT2D eigenvalue weighted by Gasteiger charge is -2.08. The summed E-state index contributed by atoms with van der Waals surface area (Å²) in [7, 11) is 0. The van der Waals surface area contributed by atoms with Crippen molar-refractivity contribution in [2.45, 2.75) is 6.61 Å². The Morgan fingerprint density at radius 3 is 2.13 bits per heavy atom. The monoisotopic (exact) mass is 519 g/mol. The molecular formula is C26H19Br2NO. The van der Waals surface area contributed by atoms with Gasteiger partial charge in [-0.05, 0) is 65.2 Å². The molecule has 0 aromatic heterocycles. The van der Waals surface area contributed by atoms with E-state index in [1.54, 1.807) is 0 Å². The molecule has 4 heteroatoms. The Kier molecular flexibility index (Phi) is 6.77. The molecule has 0 fully saturated rings. The highest BCUT2D eigenvalue weighted by Gasteiger charge is 2.02. The van der Waals surface area contributed by atoms with E-state index in [0.29, 0.717) is 6.61 Å². The van der Waals surface area contributed by atoms with Crippen molar-refractivity contribution < 1.29 is 4.74 Å². The SMILES string of the molecule is Brc1ccc(COc2ccc(C=Nc3ccc(-c4ccccc4)cc3)cc2)c(Br)c1. The number of benzene rings is 4. The standard InChI is InChI=1S/C26H19Br2NO/c27-23-11-8-22(26(28)16-23)18-30-25-14-6-19(7-15-25)17-29-24-12-9-21(10-13-24)20-4-2-1-3-5-20/h1-17H,18H2. The van der Waals surface area contributed by atoms with Gasteiger partial charge in [0.05, 0.1) is 5.69 Å². The zero-order chi connectivity index (χ0) is 20.8. The summed E-state index contributed by atoms with van der Waals surface area (Å²) in [6.45, 7) is 0.509. The lowest BCUT2D eigenvalue weighted by molar-refractivity contribution is 0.305. The summed E-state index contributed by atoms with van der Waals surface area (Å²) in [6, 6.07) is 32.6. The number of aliphatic imine (C=N–C) groups is 1. The number of hydrogen-bond donors (Lipinski definition) is 0. The molecule has 0 aliphatic carbocycles. The molecule has 0 atom stereocenters. The van der Waals surface area contributed by atoms with Gasteiger partial charge >= 0.3 is 0 Å². The second kappa shape index (κ2) is 9.88. The lowest BCUT2D eigenvalue weighted by atomic mass is 10.1. The fourth-order valence-electron chi connectivity index (χ4n) is 2.97. The average molecular weight is 521 g/mol. The van der Waals surface area contributed by atoms with Gasteiger partial charge in [-0.15, -0.1) is 0 Å². The molecule has 148 valence electrons. The molecule has 0 unspecified atom stereocenters. The van der Waals surface area contributed by atoms with Gasteiger partial charge in [-0.2, -0.15) is 0 Å². The van der Waals surface area contributed by atoms with Crippen molar-refractivity contribution in [2.75, 3.05) is 0 Å². The van der Waals surface area contributed by atoms with Gasteiger partial charge in [-0.1, -0.05) is 80.4 Å². The van der Waals surface area contributed by atoms with Gasteiger partial charge in [0.1, 0.15) is 12.4 Å². The first kappa shape index (κ1) is 20.6. The lowest BCUT2D eigenvalue weighted by Crippen LogP contribution is -1.96. The molecule has 0 spiro atoms. The van der Waals surface area contributed by atoms with Crippen LogP contribution in [0, 0.1) is 0 Å². The zero-order valence-electron chi connectivity index (χ0n) is 16.1. The summed E-state index contributed by atoms with van der Waals surface area (Å²) < 4.78 is 7.96. The predicted octanol–water partition coefficient (Wildman–Crippen LogP) is 8.21. The van der Waals surface area contributed by atoms with Crippen LogP contribution in [0.5, 0.6) is 5.75 Å². The quantitative estimate of drug-likeness (QED) is 0.235. The van der Waals surface area contributed by atoms with E-state index in [1.807, 2.05) is 79.0 Å². The Bertz CT molecular complexity index is 1140. The van der Waals surface area contributed by atoms with Crippen molar-refractivity contribution in [3.05, 3.63) is 117 Å². The van der Waals surface area contributed by atoms with Crippen LogP contribution >= 0.6 is 31.9 Å². The smallest absolute Gasteiger partial charge is 0.119 e. The predicted molar refractivity (Wildman–Crippen MR) is 132 cm³/mol. The van der Waals surface area contributed by atoms with Gasteiger partial charge in [0.25, 0.3) is 0 Å². The van der Waals surface area contributed by atoms with Gasteiger partial charge in [0, 0.05) is 20.7 Å². The third-order valence-electron chi connectivity index (χ3n) is 4.63. The fourth-order valence-corrected chi connectivity index (χ4v) is 4.13. The van der Waals surface area contributed by atoms with E-state index in [1.165, 1.54) is 11.1 Å². The van der Waals surface area contributed by atoms with Gasteiger partial charge in [-0.3, -0.25) is 4.99 Å². The van der Waals surface area contributed by atoms with Crippen LogP contribution in [-0.4, -0.2) is 6.21 Å². The minimum atomic E-state index is 0.509. The summed E-state index contributed by atoms with van der Waals surface area (Å²) in [6.07, 6.45) is 1.87. The largest absolute Gasteiger partial charge is 0.489 e. The summed E-state index contributed by atoms with van der Waals surface area (Å²) in [5.41, 5.74) is 5.45. The minimum Gasteiger partial charge on any atom is -0.489 e. The fraction of sp³-hybridized carbons (Fsp3) is 0.0385. The summed E-state index contributed by atoms with van der Waals surface area (Å²) >= 11 is 7.03.